The molecule has 0 bridgehead atoms. The number of halogens is 1. The second-order valence-corrected chi connectivity index (χ2v) is 9.62. The zero-order valence-electron chi connectivity index (χ0n) is 22.4. The Kier molecular flexibility index (Phi) is 7.48. The molecule has 0 saturated carbocycles. The number of benzene rings is 3. The van der Waals surface area contributed by atoms with E-state index >= 15 is 0 Å². The van der Waals surface area contributed by atoms with Gasteiger partial charge in [-0.05, 0) is 56.2 Å². The molecule has 38 heavy (non-hydrogen) atoms. The average Bonchev–Trinajstić information content (AvgIpc) is 2.90. The fraction of sp³-hybridized carbons (Fsp3) is 0.310. The number of aryl methyl sites for hydroxylation is 1. The smallest absolute Gasteiger partial charge is 0.257 e. The summed E-state index contributed by atoms with van der Waals surface area (Å²) >= 11 is 0. The number of carbonyl (C=O) groups is 2. The Hall–Kier alpha value is -4.27. The normalized spacial score (nSPS) is 13.9. The van der Waals surface area contributed by atoms with E-state index in [1.807, 2.05) is 39.0 Å². The van der Waals surface area contributed by atoms with Crippen molar-refractivity contribution in [1.29, 1.82) is 0 Å². The molecule has 0 atom stereocenters. The van der Waals surface area contributed by atoms with Crippen LogP contribution >= 0.6 is 0 Å². The Balaban J connectivity index is 1.82. The number of hydrogen-bond acceptors (Lipinski definition) is 6. The first-order valence-electron chi connectivity index (χ1n) is 12.2. The maximum absolute atomic E-state index is 14.0. The molecule has 8 nitrogen and oxygen atoms in total. The van der Waals surface area contributed by atoms with Crippen LogP contribution in [0, 0.1) is 12.7 Å². The predicted molar refractivity (Wildman–Crippen MR) is 145 cm³/mol. The Morgan fingerprint density at radius 3 is 2.50 bits per heavy atom. The van der Waals surface area contributed by atoms with Crippen LogP contribution in [0.4, 0.5) is 15.8 Å². The molecule has 2 N–H and O–H groups in total. The molecule has 0 spiro atoms. The molecule has 2 amide bonds. The highest BCUT2D eigenvalue weighted by molar-refractivity contribution is 6.08. The second kappa shape index (κ2) is 10.6. The van der Waals surface area contributed by atoms with Crippen LogP contribution < -0.4 is 29.7 Å². The van der Waals surface area contributed by atoms with Crippen LogP contribution in [0.5, 0.6) is 17.2 Å². The van der Waals surface area contributed by atoms with Crippen molar-refractivity contribution in [3.8, 4) is 28.4 Å². The van der Waals surface area contributed by atoms with E-state index in [1.54, 1.807) is 37.3 Å². The monoisotopic (exact) mass is 521 g/mol. The van der Waals surface area contributed by atoms with Crippen molar-refractivity contribution in [1.82, 2.24) is 5.32 Å². The third kappa shape index (κ3) is 5.22. The third-order valence-electron chi connectivity index (χ3n) is 6.54. The molecule has 0 saturated heterocycles. The number of nitrogens with zero attached hydrogens (tertiary/aromatic N) is 1. The number of fused-ring (bicyclic) bond motifs is 1. The highest BCUT2D eigenvalue weighted by atomic mass is 19.1. The molecule has 3 aromatic rings. The minimum atomic E-state index is -0.790. The Morgan fingerprint density at radius 1 is 1.05 bits per heavy atom. The van der Waals surface area contributed by atoms with Crippen molar-refractivity contribution in [2.75, 3.05) is 38.0 Å². The van der Waals surface area contributed by atoms with E-state index in [-0.39, 0.29) is 25.0 Å². The third-order valence-corrected chi connectivity index (χ3v) is 6.54. The number of hydrogen-bond donors (Lipinski definition) is 2. The van der Waals surface area contributed by atoms with E-state index in [4.69, 9.17) is 14.2 Å². The lowest BCUT2D eigenvalue weighted by molar-refractivity contribution is -0.123. The highest BCUT2D eigenvalue weighted by Gasteiger charge is 2.38. The molecule has 1 aliphatic rings. The average molecular weight is 522 g/mol. The van der Waals surface area contributed by atoms with Gasteiger partial charge in [0.1, 0.15) is 35.2 Å². The van der Waals surface area contributed by atoms with Gasteiger partial charge in [-0.3, -0.25) is 9.59 Å². The number of ether oxygens (including phenoxy) is 3. The second-order valence-electron chi connectivity index (χ2n) is 9.62. The first kappa shape index (κ1) is 26.8. The van der Waals surface area contributed by atoms with E-state index in [9.17, 15) is 14.0 Å². The number of nitrogens with one attached hydrogen (secondary N) is 2. The maximum Gasteiger partial charge on any atom is 0.257 e. The van der Waals surface area contributed by atoms with Crippen molar-refractivity contribution in [2.45, 2.75) is 32.9 Å². The molecule has 1 heterocycles. The van der Waals surface area contributed by atoms with E-state index in [0.29, 0.717) is 22.9 Å². The summed E-state index contributed by atoms with van der Waals surface area (Å²) in [5.74, 6) is 0.645. The van der Waals surface area contributed by atoms with E-state index in [1.165, 1.54) is 19.2 Å². The summed E-state index contributed by atoms with van der Waals surface area (Å²) in [6.07, 6.45) is 0. The van der Waals surface area contributed by atoms with Gasteiger partial charge in [-0.25, -0.2) is 4.39 Å². The summed E-state index contributed by atoms with van der Waals surface area (Å²) in [5.41, 5.74) is 3.68. The maximum atomic E-state index is 14.0. The van der Waals surface area contributed by atoms with Gasteiger partial charge in [-0.2, -0.15) is 0 Å². The summed E-state index contributed by atoms with van der Waals surface area (Å²) < 4.78 is 31.4. The van der Waals surface area contributed by atoms with Crippen LogP contribution in [0.3, 0.4) is 0 Å². The summed E-state index contributed by atoms with van der Waals surface area (Å²) in [5, 5.41) is 5.84. The van der Waals surface area contributed by atoms with Crippen molar-refractivity contribution in [3.05, 3.63) is 65.5 Å². The molecule has 200 valence electrons. The SMILES string of the molecule is CNC(=O)COc1ccc(-c2ccc3c(c2COc2cc(F)ccc2C)N(C)C(=O)C(C)(C)N3)c(OC)c1. The topological polar surface area (TPSA) is 89.1 Å². The molecule has 0 aliphatic carbocycles. The van der Waals surface area contributed by atoms with Crippen LogP contribution in [0.1, 0.15) is 25.0 Å². The van der Waals surface area contributed by atoms with Crippen molar-refractivity contribution in [3.63, 3.8) is 0 Å². The lowest BCUT2D eigenvalue weighted by Gasteiger charge is -2.39. The number of amides is 2. The van der Waals surface area contributed by atoms with Gasteiger partial charge >= 0.3 is 0 Å². The minimum absolute atomic E-state index is 0.0700. The standard InChI is InChI=1S/C29H32FN3O5/c1-17-7-8-18(30)13-24(17)38-15-22-20(11-12-23-27(22)33(5)28(35)29(2,3)32-23)21-10-9-19(14-25(21)36-6)37-16-26(34)31-4/h7-14,32H,15-16H2,1-6H3,(H,31,34). The Labute approximate surface area is 221 Å². The largest absolute Gasteiger partial charge is 0.496 e. The van der Waals surface area contributed by atoms with Gasteiger partial charge < -0.3 is 29.7 Å². The molecule has 1 aliphatic heterocycles. The van der Waals surface area contributed by atoms with Crippen LogP contribution in [-0.4, -0.2) is 45.2 Å². The van der Waals surface area contributed by atoms with Crippen molar-refractivity contribution in [2.24, 2.45) is 0 Å². The van der Waals surface area contributed by atoms with Gasteiger partial charge in [-0.15, -0.1) is 0 Å². The fourth-order valence-electron chi connectivity index (χ4n) is 4.51. The van der Waals surface area contributed by atoms with Crippen molar-refractivity contribution >= 4 is 23.2 Å². The van der Waals surface area contributed by atoms with Gasteiger partial charge in [0, 0.05) is 37.4 Å². The van der Waals surface area contributed by atoms with Crippen LogP contribution in [0.2, 0.25) is 0 Å². The zero-order valence-corrected chi connectivity index (χ0v) is 22.4. The molecule has 4 rings (SSSR count). The molecule has 9 heteroatoms. The summed E-state index contributed by atoms with van der Waals surface area (Å²) in [6.45, 7) is 5.44. The van der Waals surface area contributed by atoms with Gasteiger partial charge in [0.05, 0.1) is 18.5 Å². The van der Waals surface area contributed by atoms with Gasteiger partial charge in [-0.1, -0.05) is 12.1 Å². The quantitative estimate of drug-likeness (QED) is 0.448. The van der Waals surface area contributed by atoms with Gasteiger partial charge in [0.2, 0.25) is 0 Å². The molecule has 0 fully saturated rings. The lowest BCUT2D eigenvalue weighted by atomic mass is 9.91. The number of methoxy groups -OCH3 is 1. The van der Waals surface area contributed by atoms with Gasteiger partial charge in [0.25, 0.3) is 11.8 Å². The fourth-order valence-corrected chi connectivity index (χ4v) is 4.51. The van der Waals surface area contributed by atoms with E-state index in [2.05, 4.69) is 10.6 Å². The predicted octanol–water partition coefficient (Wildman–Crippen LogP) is 4.68. The molecule has 3 aromatic carbocycles. The molecular formula is C29H32FN3O5. The first-order valence-corrected chi connectivity index (χ1v) is 12.2. The van der Waals surface area contributed by atoms with E-state index in [0.717, 1.165) is 27.9 Å². The van der Waals surface area contributed by atoms with Crippen LogP contribution in [0.25, 0.3) is 11.1 Å². The number of rotatable bonds is 8. The van der Waals surface area contributed by atoms with Crippen molar-refractivity contribution < 1.29 is 28.2 Å². The first-order chi connectivity index (χ1) is 18.1. The van der Waals surface area contributed by atoms with E-state index < -0.39 is 11.4 Å². The summed E-state index contributed by atoms with van der Waals surface area (Å²) in [7, 11) is 4.82. The summed E-state index contributed by atoms with van der Waals surface area (Å²) in [4.78, 5) is 26.4. The lowest BCUT2D eigenvalue weighted by Crippen LogP contribution is -2.52. The Morgan fingerprint density at radius 2 is 1.79 bits per heavy atom. The molecule has 0 aromatic heterocycles. The van der Waals surface area contributed by atoms with Crippen LogP contribution in [0.15, 0.2) is 48.5 Å². The van der Waals surface area contributed by atoms with Gasteiger partial charge in [0.15, 0.2) is 6.61 Å². The molecule has 0 radical (unpaired) electrons. The number of carbonyl (C=O) groups excluding carboxylic acids is 2. The molecule has 0 unspecified atom stereocenters. The zero-order chi connectivity index (χ0) is 27.6. The molecular weight excluding hydrogens is 489 g/mol. The number of anilines is 2. The number of likely N-dealkylation sites (N-methyl/N-ethyl adjacent to an activating group) is 2. The minimum Gasteiger partial charge on any atom is -0.496 e. The summed E-state index contributed by atoms with van der Waals surface area (Å²) in [6, 6.07) is 13.5. The highest BCUT2D eigenvalue weighted by Crippen LogP contribution is 2.45. The van der Waals surface area contributed by atoms with Crippen LogP contribution in [-0.2, 0) is 16.2 Å². The Bertz CT molecular complexity index is 1390.